The van der Waals surface area contributed by atoms with Gasteiger partial charge in [-0.3, -0.25) is 4.90 Å². The molecular weight excluding hydrogens is 508 g/mol. The van der Waals surface area contributed by atoms with E-state index >= 15 is 0 Å². The van der Waals surface area contributed by atoms with Crippen molar-refractivity contribution in [2.24, 2.45) is 5.92 Å². The zero-order valence-corrected chi connectivity index (χ0v) is 24.3. The van der Waals surface area contributed by atoms with Crippen molar-refractivity contribution in [3.63, 3.8) is 0 Å². The number of benzene rings is 2. The van der Waals surface area contributed by atoms with E-state index < -0.39 is 29.3 Å². The van der Waals surface area contributed by atoms with Crippen LogP contribution in [0.15, 0.2) is 48.5 Å². The molecule has 0 radical (unpaired) electrons. The first-order valence-corrected chi connectivity index (χ1v) is 14.3. The smallest absolute Gasteiger partial charge is 0.410 e. The standard InChI is InChI=1S/C32H42N2O6/c1-6-22(2)15-18-34(32(28(35)36)16-19-33(20-17-32)29(37)40-31(3,4)5)30(38)39-21-27-25-13-9-7-11-23(25)24-12-8-10-14-26(24)27/h7-14,22,27H,6,15-21H2,1-5H3,(H,35,36). The molecule has 1 saturated heterocycles. The molecule has 8 nitrogen and oxygen atoms in total. The number of amides is 2. The molecular formula is C32H42N2O6. The van der Waals surface area contributed by atoms with E-state index in [4.69, 9.17) is 9.47 Å². The Balaban J connectivity index is 1.54. The number of fused-ring (bicyclic) bond motifs is 3. The van der Waals surface area contributed by atoms with Crippen molar-refractivity contribution < 1.29 is 29.0 Å². The van der Waals surface area contributed by atoms with Crippen LogP contribution in [0.2, 0.25) is 0 Å². The van der Waals surface area contributed by atoms with Gasteiger partial charge in [0.05, 0.1) is 0 Å². The third kappa shape index (κ3) is 6.11. The molecule has 0 spiro atoms. The van der Waals surface area contributed by atoms with Crippen LogP contribution in [-0.4, -0.2) is 70.4 Å². The van der Waals surface area contributed by atoms with Crippen LogP contribution >= 0.6 is 0 Å². The Morgan fingerprint density at radius 1 is 1.02 bits per heavy atom. The lowest BCUT2D eigenvalue weighted by atomic mass is 9.85. The number of ether oxygens (including phenoxy) is 2. The van der Waals surface area contributed by atoms with Crippen LogP contribution in [0.25, 0.3) is 11.1 Å². The Kier molecular flexibility index (Phi) is 8.76. The number of likely N-dealkylation sites (tertiary alicyclic amines) is 1. The number of rotatable bonds is 8. The average Bonchev–Trinajstić information content (AvgIpc) is 3.24. The molecule has 216 valence electrons. The van der Waals surface area contributed by atoms with Gasteiger partial charge in [0, 0.05) is 25.6 Å². The highest BCUT2D eigenvalue weighted by atomic mass is 16.6. The van der Waals surface area contributed by atoms with Crippen LogP contribution < -0.4 is 0 Å². The minimum atomic E-state index is -1.46. The van der Waals surface area contributed by atoms with Gasteiger partial charge < -0.3 is 19.5 Å². The van der Waals surface area contributed by atoms with E-state index in [1.807, 2.05) is 24.3 Å². The van der Waals surface area contributed by atoms with Gasteiger partial charge in [0.1, 0.15) is 17.7 Å². The van der Waals surface area contributed by atoms with Crippen molar-refractivity contribution in [1.29, 1.82) is 0 Å². The lowest BCUT2D eigenvalue weighted by Gasteiger charge is -2.45. The molecule has 1 unspecified atom stereocenters. The van der Waals surface area contributed by atoms with Gasteiger partial charge in [-0.25, -0.2) is 14.4 Å². The zero-order chi connectivity index (χ0) is 29.1. The molecule has 0 bridgehead atoms. The SMILES string of the molecule is CCC(C)CCN(C(=O)OCC1c2ccccc2-c2ccccc21)C1(C(=O)O)CCN(C(=O)OC(C)(C)C)CC1. The lowest BCUT2D eigenvalue weighted by Crippen LogP contribution is -2.63. The number of aliphatic carboxylic acids is 1. The summed E-state index contributed by atoms with van der Waals surface area (Å²) in [5.74, 6) is -0.881. The minimum Gasteiger partial charge on any atom is -0.479 e. The van der Waals surface area contributed by atoms with Crippen LogP contribution in [0.4, 0.5) is 9.59 Å². The first-order valence-electron chi connectivity index (χ1n) is 14.3. The normalized spacial score (nSPS) is 17.0. The highest BCUT2D eigenvalue weighted by Gasteiger charge is 2.50. The van der Waals surface area contributed by atoms with Crippen molar-refractivity contribution in [1.82, 2.24) is 9.80 Å². The Hall–Kier alpha value is -3.55. The Morgan fingerprint density at radius 2 is 1.57 bits per heavy atom. The summed E-state index contributed by atoms with van der Waals surface area (Å²) in [4.78, 5) is 42.2. The van der Waals surface area contributed by atoms with Crippen molar-refractivity contribution in [2.75, 3.05) is 26.2 Å². The van der Waals surface area contributed by atoms with Gasteiger partial charge in [0.25, 0.3) is 0 Å². The van der Waals surface area contributed by atoms with Gasteiger partial charge in [-0.2, -0.15) is 0 Å². The number of carboxylic acids is 1. The Labute approximate surface area is 237 Å². The van der Waals surface area contributed by atoms with E-state index in [9.17, 15) is 19.5 Å². The van der Waals surface area contributed by atoms with Crippen molar-refractivity contribution in [3.8, 4) is 11.1 Å². The number of carbonyl (C=O) groups is 3. The number of carboxylic acid groups (broad SMARTS) is 1. The topological polar surface area (TPSA) is 96.4 Å². The third-order valence-electron chi connectivity index (χ3n) is 8.26. The Bertz CT molecular complexity index is 1180. The van der Waals surface area contributed by atoms with E-state index in [1.165, 1.54) is 9.80 Å². The summed E-state index contributed by atoms with van der Waals surface area (Å²) in [5, 5.41) is 10.5. The molecule has 1 aliphatic heterocycles. The predicted octanol–water partition coefficient (Wildman–Crippen LogP) is 6.53. The highest BCUT2D eigenvalue weighted by Crippen LogP contribution is 2.44. The molecule has 2 aliphatic rings. The second-order valence-electron chi connectivity index (χ2n) is 12.1. The monoisotopic (exact) mass is 550 g/mol. The predicted molar refractivity (Wildman–Crippen MR) is 153 cm³/mol. The lowest BCUT2D eigenvalue weighted by molar-refractivity contribution is -0.154. The quantitative estimate of drug-likeness (QED) is 0.402. The van der Waals surface area contributed by atoms with Crippen molar-refractivity contribution >= 4 is 18.2 Å². The molecule has 4 rings (SSSR count). The summed E-state index contributed by atoms with van der Waals surface area (Å²) >= 11 is 0. The van der Waals surface area contributed by atoms with Gasteiger partial charge in [-0.1, -0.05) is 68.8 Å². The van der Waals surface area contributed by atoms with Crippen LogP contribution in [0, 0.1) is 5.92 Å². The number of hydrogen-bond acceptors (Lipinski definition) is 5. The fourth-order valence-corrected chi connectivity index (χ4v) is 5.69. The summed E-state index contributed by atoms with van der Waals surface area (Å²) in [6.07, 6.45) is 0.687. The maximum Gasteiger partial charge on any atom is 0.410 e. The van der Waals surface area contributed by atoms with Gasteiger partial charge in [0.2, 0.25) is 0 Å². The van der Waals surface area contributed by atoms with E-state index in [0.717, 1.165) is 28.7 Å². The number of hydrogen-bond donors (Lipinski definition) is 1. The maximum absolute atomic E-state index is 13.8. The maximum atomic E-state index is 13.8. The van der Waals surface area contributed by atoms with Crippen molar-refractivity contribution in [2.45, 2.75) is 77.4 Å². The summed E-state index contributed by atoms with van der Waals surface area (Å²) in [5.41, 5.74) is 2.34. The van der Waals surface area contributed by atoms with Crippen LogP contribution in [0.5, 0.6) is 0 Å². The number of carbonyl (C=O) groups excluding carboxylic acids is 2. The second kappa shape index (κ2) is 11.9. The molecule has 1 fully saturated rings. The van der Waals surface area contributed by atoms with Crippen LogP contribution in [-0.2, 0) is 14.3 Å². The average molecular weight is 551 g/mol. The zero-order valence-electron chi connectivity index (χ0n) is 24.3. The summed E-state index contributed by atoms with van der Waals surface area (Å²) in [6, 6.07) is 16.2. The molecule has 2 aromatic carbocycles. The fraction of sp³-hybridized carbons (Fsp3) is 0.531. The second-order valence-corrected chi connectivity index (χ2v) is 12.1. The minimum absolute atomic E-state index is 0.103. The molecule has 1 N–H and O–H groups in total. The summed E-state index contributed by atoms with van der Waals surface area (Å²) < 4.78 is 11.4. The van der Waals surface area contributed by atoms with Crippen LogP contribution in [0.3, 0.4) is 0 Å². The van der Waals surface area contributed by atoms with Gasteiger partial charge in [-0.05, 0) is 68.2 Å². The van der Waals surface area contributed by atoms with E-state index in [0.29, 0.717) is 12.3 Å². The molecule has 2 aromatic rings. The van der Waals surface area contributed by atoms with E-state index in [-0.39, 0.29) is 45.0 Å². The van der Waals surface area contributed by atoms with Gasteiger partial charge in [-0.15, -0.1) is 0 Å². The third-order valence-corrected chi connectivity index (χ3v) is 8.26. The largest absolute Gasteiger partial charge is 0.479 e. The molecule has 40 heavy (non-hydrogen) atoms. The molecule has 1 heterocycles. The summed E-state index contributed by atoms with van der Waals surface area (Å²) in [6.45, 7) is 10.3. The first kappa shape index (κ1) is 29.4. The highest BCUT2D eigenvalue weighted by molar-refractivity contribution is 5.85. The van der Waals surface area contributed by atoms with Crippen molar-refractivity contribution in [3.05, 3.63) is 59.7 Å². The molecule has 2 amide bonds. The van der Waals surface area contributed by atoms with Gasteiger partial charge in [0.15, 0.2) is 0 Å². The van der Waals surface area contributed by atoms with Gasteiger partial charge >= 0.3 is 18.2 Å². The molecule has 0 aromatic heterocycles. The summed E-state index contributed by atoms with van der Waals surface area (Å²) in [7, 11) is 0. The molecule has 1 aliphatic carbocycles. The molecule has 1 atom stereocenters. The molecule has 8 heteroatoms. The van der Waals surface area contributed by atoms with Crippen LogP contribution in [0.1, 0.15) is 77.3 Å². The van der Waals surface area contributed by atoms with E-state index in [1.54, 1.807) is 20.8 Å². The molecule has 0 saturated carbocycles. The number of nitrogens with zero attached hydrogens (tertiary/aromatic N) is 2. The fourth-order valence-electron chi connectivity index (χ4n) is 5.69. The first-order chi connectivity index (χ1) is 19.0. The number of piperidine rings is 1. The van der Waals surface area contributed by atoms with E-state index in [2.05, 4.69) is 38.1 Å². The Morgan fingerprint density at radius 3 is 2.08 bits per heavy atom.